The monoisotopic (exact) mass is 422 g/mol. The second kappa shape index (κ2) is 13.8. The molecule has 0 aliphatic heterocycles. The minimum atomic E-state index is -1.89. The fourth-order valence-electron chi connectivity index (χ4n) is 4.11. The number of methoxy groups -OCH3 is 1. The van der Waals surface area contributed by atoms with Gasteiger partial charge in [-0.2, -0.15) is 0 Å². The summed E-state index contributed by atoms with van der Waals surface area (Å²) < 4.78 is 4.53. The first-order chi connectivity index (χ1) is 14.2. The number of carbonyl (C=O) groups is 2. The highest BCUT2D eigenvalue weighted by molar-refractivity contribution is 5.83. The van der Waals surface area contributed by atoms with E-state index in [1.54, 1.807) is 0 Å². The van der Waals surface area contributed by atoms with Crippen LogP contribution in [0, 0.1) is 11.8 Å². The van der Waals surface area contributed by atoms with Crippen molar-refractivity contribution >= 4 is 11.8 Å². The lowest BCUT2D eigenvalue weighted by molar-refractivity contribution is -0.172. The van der Waals surface area contributed by atoms with E-state index in [2.05, 4.69) is 36.8 Å². The third kappa shape index (κ3) is 9.13. The fourth-order valence-corrected chi connectivity index (χ4v) is 4.11. The minimum Gasteiger partial charge on any atom is -0.467 e. The lowest BCUT2D eigenvalue weighted by atomic mass is 9.88. The van der Waals surface area contributed by atoms with Crippen molar-refractivity contribution in [2.45, 2.75) is 103 Å². The molecule has 0 aromatic rings. The van der Waals surface area contributed by atoms with Crippen molar-refractivity contribution in [3.63, 3.8) is 0 Å². The van der Waals surface area contributed by atoms with Crippen LogP contribution in [0.3, 0.4) is 0 Å². The maximum absolute atomic E-state index is 12.3. The van der Waals surface area contributed by atoms with E-state index < -0.39 is 17.7 Å². The van der Waals surface area contributed by atoms with E-state index in [0.717, 1.165) is 32.1 Å². The summed E-state index contributed by atoms with van der Waals surface area (Å²) in [6.07, 6.45) is 15.6. The van der Waals surface area contributed by atoms with Crippen LogP contribution in [0.1, 0.15) is 91.4 Å². The average molecular weight is 423 g/mol. The predicted octanol–water partition coefficient (Wildman–Crippen LogP) is 4.90. The van der Waals surface area contributed by atoms with Gasteiger partial charge in [0.05, 0.1) is 13.2 Å². The molecule has 2 unspecified atom stereocenters. The van der Waals surface area contributed by atoms with Crippen molar-refractivity contribution in [1.82, 2.24) is 0 Å². The first kappa shape index (κ1) is 26.6. The fraction of sp³-hybridized carbons (Fsp3) is 0.760. The summed E-state index contributed by atoms with van der Waals surface area (Å²) in [5.41, 5.74) is -0.510. The quantitative estimate of drug-likeness (QED) is 0.236. The summed E-state index contributed by atoms with van der Waals surface area (Å²) in [5.74, 6) is -0.0972. The van der Waals surface area contributed by atoms with Gasteiger partial charge in [-0.3, -0.25) is 4.79 Å². The standard InChI is InChI=1S/C25H42O5/c1-19(2)13-9-7-5-6-8-10-14-20-17-18-22(26)21(20)15-11-12-16-23(27)25(3,29)24(28)30-4/h10,13-14,20-21,23,27,29H,5-9,11-12,15-18H2,1-4H3/b14-10+/t20-,21+,23?,25?/m0/s1. The van der Waals surface area contributed by atoms with E-state index in [-0.39, 0.29) is 5.92 Å². The molecule has 2 N–H and O–H groups in total. The molecule has 5 nitrogen and oxygen atoms in total. The number of esters is 1. The van der Waals surface area contributed by atoms with Gasteiger partial charge in [0.15, 0.2) is 5.60 Å². The summed E-state index contributed by atoms with van der Waals surface area (Å²) in [7, 11) is 1.19. The SMILES string of the molecule is COC(=O)C(C)(O)C(O)CCCC[C@H]1C(=O)CC[C@@H]1/C=C/CCCCCC=C(C)C. The van der Waals surface area contributed by atoms with E-state index in [0.29, 0.717) is 31.0 Å². The smallest absolute Gasteiger partial charge is 0.340 e. The zero-order valence-corrected chi connectivity index (χ0v) is 19.4. The number of rotatable bonds is 14. The molecule has 1 fully saturated rings. The second-order valence-corrected chi connectivity index (χ2v) is 9.06. The van der Waals surface area contributed by atoms with Crippen LogP contribution in [-0.4, -0.2) is 40.8 Å². The molecule has 1 saturated carbocycles. The van der Waals surface area contributed by atoms with Crippen LogP contribution in [0.15, 0.2) is 23.8 Å². The maximum atomic E-state index is 12.3. The lowest BCUT2D eigenvalue weighted by Gasteiger charge is -2.26. The van der Waals surface area contributed by atoms with Gasteiger partial charge in [0.25, 0.3) is 0 Å². The number of Topliss-reactive ketones (excluding diaryl/α,β-unsaturated/α-hetero) is 1. The Balaban J connectivity index is 2.31. The molecule has 1 aliphatic carbocycles. The topological polar surface area (TPSA) is 83.8 Å². The van der Waals surface area contributed by atoms with E-state index >= 15 is 0 Å². The van der Waals surface area contributed by atoms with Crippen LogP contribution in [0.25, 0.3) is 0 Å². The van der Waals surface area contributed by atoms with Crippen LogP contribution in [0.2, 0.25) is 0 Å². The van der Waals surface area contributed by atoms with Crippen molar-refractivity contribution in [2.75, 3.05) is 7.11 Å². The van der Waals surface area contributed by atoms with E-state index in [1.807, 2.05) is 0 Å². The molecular formula is C25H42O5. The number of carbonyl (C=O) groups excluding carboxylic acids is 2. The zero-order chi connectivity index (χ0) is 22.6. The number of unbranched alkanes of at least 4 members (excludes halogenated alkanes) is 5. The second-order valence-electron chi connectivity index (χ2n) is 9.06. The molecule has 0 aromatic carbocycles. The number of allylic oxidation sites excluding steroid dienone is 4. The molecule has 30 heavy (non-hydrogen) atoms. The summed E-state index contributed by atoms with van der Waals surface area (Å²) in [4.78, 5) is 23.8. The Labute approximate surface area is 182 Å². The van der Waals surface area contributed by atoms with Crippen LogP contribution in [0.4, 0.5) is 0 Å². The van der Waals surface area contributed by atoms with Gasteiger partial charge in [-0.25, -0.2) is 4.79 Å². The molecule has 0 bridgehead atoms. The summed E-state index contributed by atoms with van der Waals surface area (Å²) >= 11 is 0. The van der Waals surface area contributed by atoms with Gasteiger partial charge in [-0.1, -0.05) is 43.1 Å². The number of ketones is 1. The number of hydrogen-bond donors (Lipinski definition) is 2. The van der Waals surface area contributed by atoms with Crippen LogP contribution >= 0.6 is 0 Å². The van der Waals surface area contributed by atoms with Gasteiger partial charge in [0.2, 0.25) is 0 Å². The van der Waals surface area contributed by atoms with Crippen molar-refractivity contribution in [3.05, 3.63) is 23.8 Å². The van der Waals surface area contributed by atoms with Crippen molar-refractivity contribution in [2.24, 2.45) is 11.8 Å². The van der Waals surface area contributed by atoms with Gasteiger partial charge in [-0.05, 0) is 71.6 Å². The molecule has 0 aromatic heterocycles. The Hall–Kier alpha value is -1.46. The van der Waals surface area contributed by atoms with Crippen molar-refractivity contribution in [1.29, 1.82) is 0 Å². The largest absolute Gasteiger partial charge is 0.467 e. The summed E-state index contributed by atoms with van der Waals surface area (Å²) in [6.45, 7) is 5.54. The highest BCUT2D eigenvalue weighted by Crippen LogP contribution is 2.34. The number of hydrogen-bond acceptors (Lipinski definition) is 5. The predicted molar refractivity (Wildman–Crippen MR) is 120 cm³/mol. The first-order valence-corrected chi connectivity index (χ1v) is 11.5. The molecular weight excluding hydrogens is 380 g/mol. The first-order valence-electron chi connectivity index (χ1n) is 11.5. The number of aliphatic hydroxyl groups excluding tert-OH is 1. The van der Waals surface area contributed by atoms with Crippen molar-refractivity contribution < 1.29 is 24.5 Å². The summed E-state index contributed by atoms with van der Waals surface area (Å²) in [6, 6.07) is 0. The molecule has 1 rings (SSSR count). The van der Waals surface area contributed by atoms with Crippen molar-refractivity contribution in [3.8, 4) is 0 Å². The van der Waals surface area contributed by atoms with E-state index in [4.69, 9.17) is 0 Å². The molecule has 172 valence electrons. The number of ether oxygens (including phenoxy) is 1. The molecule has 4 atom stereocenters. The van der Waals surface area contributed by atoms with Gasteiger partial charge in [0.1, 0.15) is 5.78 Å². The van der Waals surface area contributed by atoms with Crippen LogP contribution in [0.5, 0.6) is 0 Å². The zero-order valence-electron chi connectivity index (χ0n) is 19.4. The molecule has 0 spiro atoms. The third-order valence-electron chi connectivity index (χ3n) is 6.16. The maximum Gasteiger partial charge on any atom is 0.340 e. The minimum absolute atomic E-state index is 0.0668. The Morgan fingerprint density at radius 1 is 1.20 bits per heavy atom. The van der Waals surface area contributed by atoms with Gasteiger partial charge in [0, 0.05) is 12.3 Å². The van der Waals surface area contributed by atoms with Gasteiger partial charge < -0.3 is 14.9 Å². The average Bonchev–Trinajstić information content (AvgIpc) is 3.05. The Bertz CT molecular complexity index is 586. The van der Waals surface area contributed by atoms with Crippen LogP contribution < -0.4 is 0 Å². The molecule has 0 heterocycles. The Morgan fingerprint density at radius 3 is 2.57 bits per heavy atom. The summed E-state index contributed by atoms with van der Waals surface area (Å²) in [5, 5.41) is 20.2. The third-order valence-corrected chi connectivity index (χ3v) is 6.16. The molecule has 0 saturated heterocycles. The number of aliphatic hydroxyl groups is 2. The Kier molecular flexibility index (Phi) is 12.2. The highest BCUT2D eigenvalue weighted by atomic mass is 16.5. The lowest BCUT2D eigenvalue weighted by Crippen LogP contribution is -2.47. The molecule has 5 heteroatoms. The van der Waals surface area contributed by atoms with Gasteiger partial charge in [-0.15, -0.1) is 0 Å². The molecule has 1 aliphatic rings. The van der Waals surface area contributed by atoms with Gasteiger partial charge >= 0.3 is 5.97 Å². The Morgan fingerprint density at radius 2 is 1.90 bits per heavy atom. The normalized spacial score (nSPS) is 22.1. The van der Waals surface area contributed by atoms with Crippen LogP contribution in [-0.2, 0) is 14.3 Å². The molecule has 0 amide bonds. The van der Waals surface area contributed by atoms with E-state index in [1.165, 1.54) is 38.9 Å². The highest BCUT2D eigenvalue weighted by Gasteiger charge is 2.39. The molecule has 0 radical (unpaired) electrons. The van der Waals surface area contributed by atoms with E-state index in [9.17, 15) is 19.8 Å².